The lowest BCUT2D eigenvalue weighted by molar-refractivity contribution is 0.364. The van der Waals surface area contributed by atoms with E-state index in [0.717, 1.165) is 17.8 Å². The minimum atomic E-state index is -0.423. The molecule has 0 fully saturated rings. The van der Waals surface area contributed by atoms with Crippen LogP contribution in [0.15, 0.2) is 12.1 Å². The highest BCUT2D eigenvalue weighted by Crippen LogP contribution is 2.34. The Hall–Kier alpha value is -0.800. The molecule has 1 aromatic heterocycles. The molecule has 0 aliphatic heterocycles. The van der Waals surface area contributed by atoms with Crippen molar-refractivity contribution in [3.63, 3.8) is 0 Å². The van der Waals surface area contributed by atoms with Gasteiger partial charge in [0.05, 0.1) is 21.4 Å². The zero-order valence-corrected chi connectivity index (χ0v) is 13.6. The number of benzene rings is 1. The van der Waals surface area contributed by atoms with Crippen LogP contribution in [0.25, 0.3) is 11.0 Å². The Kier molecular flexibility index (Phi) is 4.60. The SMILES string of the molecule is CCC(C(C)C)n1c(C(C)Cl)nc2cc(Cl)c(F)cc21. The van der Waals surface area contributed by atoms with Crippen LogP contribution in [0.3, 0.4) is 0 Å². The van der Waals surface area contributed by atoms with E-state index >= 15 is 0 Å². The molecule has 5 heteroatoms. The Bertz CT molecular complexity index is 620. The number of halogens is 3. The second kappa shape index (κ2) is 5.90. The van der Waals surface area contributed by atoms with Crippen molar-refractivity contribution in [1.29, 1.82) is 0 Å². The molecule has 110 valence electrons. The summed E-state index contributed by atoms with van der Waals surface area (Å²) in [4.78, 5) is 4.55. The van der Waals surface area contributed by atoms with Gasteiger partial charge in [0.25, 0.3) is 0 Å². The summed E-state index contributed by atoms with van der Waals surface area (Å²) in [7, 11) is 0. The van der Waals surface area contributed by atoms with Crippen LogP contribution in [-0.2, 0) is 0 Å². The maximum Gasteiger partial charge on any atom is 0.144 e. The number of fused-ring (bicyclic) bond motifs is 1. The van der Waals surface area contributed by atoms with Gasteiger partial charge in [0.1, 0.15) is 11.6 Å². The third kappa shape index (κ3) is 2.66. The zero-order chi connectivity index (χ0) is 15.0. The van der Waals surface area contributed by atoms with Crippen LogP contribution < -0.4 is 0 Å². The summed E-state index contributed by atoms with van der Waals surface area (Å²) in [5.41, 5.74) is 1.45. The van der Waals surface area contributed by atoms with E-state index in [1.54, 1.807) is 6.07 Å². The van der Waals surface area contributed by atoms with E-state index in [1.165, 1.54) is 6.07 Å². The number of alkyl halides is 1. The Morgan fingerprint density at radius 2 is 1.95 bits per heavy atom. The van der Waals surface area contributed by atoms with Crippen molar-refractivity contribution in [2.24, 2.45) is 5.92 Å². The van der Waals surface area contributed by atoms with Gasteiger partial charge in [-0.25, -0.2) is 9.37 Å². The van der Waals surface area contributed by atoms with E-state index in [4.69, 9.17) is 23.2 Å². The van der Waals surface area contributed by atoms with Crippen molar-refractivity contribution in [1.82, 2.24) is 9.55 Å². The smallest absolute Gasteiger partial charge is 0.144 e. The molecule has 1 aromatic carbocycles. The van der Waals surface area contributed by atoms with Gasteiger partial charge >= 0.3 is 0 Å². The first-order chi connectivity index (χ1) is 9.36. The highest BCUT2D eigenvalue weighted by molar-refractivity contribution is 6.31. The Labute approximate surface area is 128 Å². The van der Waals surface area contributed by atoms with Gasteiger partial charge in [-0.15, -0.1) is 11.6 Å². The van der Waals surface area contributed by atoms with Crippen LogP contribution in [0, 0.1) is 11.7 Å². The fourth-order valence-electron chi connectivity index (χ4n) is 2.69. The lowest BCUT2D eigenvalue weighted by atomic mass is 10.0. The quantitative estimate of drug-likeness (QED) is 0.658. The van der Waals surface area contributed by atoms with E-state index in [-0.39, 0.29) is 16.4 Å². The van der Waals surface area contributed by atoms with Gasteiger partial charge in [-0.3, -0.25) is 0 Å². The lowest BCUT2D eigenvalue weighted by Gasteiger charge is -2.24. The monoisotopic (exact) mass is 316 g/mol. The van der Waals surface area contributed by atoms with Gasteiger partial charge in [-0.1, -0.05) is 32.4 Å². The Morgan fingerprint density at radius 1 is 1.30 bits per heavy atom. The van der Waals surface area contributed by atoms with Crippen LogP contribution >= 0.6 is 23.2 Å². The predicted molar refractivity (Wildman–Crippen MR) is 83.1 cm³/mol. The number of imidazole rings is 1. The van der Waals surface area contributed by atoms with Crippen molar-refractivity contribution < 1.29 is 4.39 Å². The zero-order valence-electron chi connectivity index (χ0n) is 12.1. The number of hydrogen-bond donors (Lipinski definition) is 0. The van der Waals surface area contributed by atoms with Crippen molar-refractivity contribution in [3.8, 4) is 0 Å². The summed E-state index contributed by atoms with van der Waals surface area (Å²) in [5.74, 6) is 0.752. The standard InChI is InChI=1S/C15H19Cl2FN2/c1-5-13(8(2)3)20-14-7-11(18)10(17)6-12(14)19-15(20)9(4)16/h6-9,13H,5H2,1-4H3. The van der Waals surface area contributed by atoms with Crippen LogP contribution in [0.2, 0.25) is 5.02 Å². The van der Waals surface area contributed by atoms with Gasteiger partial charge in [0.2, 0.25) is 0 Å². The third-order valence-corrected chi connectivity index (χ3v) is 4.12. The normalized spacial score (nSPS) is 15.0. The topological polar surface area (TPSA) is 17.8 Å². The molecule has 0 saturated heterocycles. The summed E-state index contributed by atoms with van der Waals surface area (Å²) in [6, 6.07) is 3.26. The van der Waals surface area contributed by atoms with Crippen LogP contribution in [0.4, 0.5) is 4.39 Å². The molecule has 2 aromatic rings. The van der Waals surface area contributed by atoms with E-state index in [2.05, 4.69) is 30.3 Å². The molecule has 0 N–H and O–H groups in total. The van der Waals surface area contributed by atoms with Crippen molar-refractivity contribution in [2.45, 2.75) is 45.5 Å². The minimum absolute atomic E-state index is 0.0912. The molecule has 2 atom stereocenters. The van der Waals surface area contributed by atoms with Crippen molar-refractivity contribution in [3.05, 3.63) is 28.8 Å². The first-order valence-corrected chi connectivity index (χ1v) is 7.69. The van der Waals surface area contributed by atoms with E-state index < -0.39 is 5.82 Å². The summed E-state index contributed by atoms with van der Waals surface area (Å²) < 4.78 is 15.9. The lowest BCUT2D eigenvalue weighted by Crippen LogP contribution is -2.17. The minimum Gasteiger partial charge on any atom is -0.323 e. The Morgan fingerprint density at radius 3 is 2.45 bits per heavy atom. The average Bonchev–Trinajstić information content (AvgIpc) is 2.70. The molecule has 20 heavy (non-hydrogen) atoms. The molecule has 1 heterocycles. The molecule has 0 radical (unpaired) electrons. The molecule has 0 saturated carbocycles. The number of hydrogen-bond acceptors (Lipinski definition) is 1. The average molecular weight is 317 g/mol. The number of aromatic nitrogens is 2. The Balaban J connectivity index is 2.77. The highest BCUT2D eigenvalue weighted by Gasteiger charge is 2.23. The maximum absolute atomic E-state index is 13.8. The molecule has 0 bridgehead atoms. The fraction of sp³-hybridized carbons (Fsp3) is 0.533. The van der Waals surface area contributed by atoms with Crippen LogP contribution in [0.1, 0.15) is 51.4 Å². The molecule has 0 aliphatic carbocycles. The van der Waals surface area contributed by atoms with Crippen LogP contribution in [0.5, 0.6) is 0 Å². The van der Waals surface area contributed by atoms with E-state index in [9.17, 15) is 4.39 Å². The van der Waals surface area contributed by atoms with Crippen molar-refractivity contribution >= 4 is 34.2 Å². The summed E-state index contributed by atoms with van der Waals surface area (Å²) in [6.07, 6.45) is 0.935. The molecule has 0 spiro atoms. The molecule has 0 aliphatic rings. The third-order valence-electron chi connectivity index (χ3n) is 3.63. The summed E-state index contributed by atoms with van der Waals surface area (Å²) in [5, 5.41) is -0.148. The second-order valence-electron chi connectivity index (χ2n) is 5.43. The van der Waals surface area contributed by atoms with E-state index in [0.29, 0.717) is 11.4 Å². The number of nitrogens with zero attached hydrogens (tertiary/aromatic N) is 2. The van der Waals surface area contributed by atoms with E-state index in [1.807, 2.05) is 6.92 Å². The summed E-state index contributed by atoms with van der Waals surface area (Å²) in [6.45, 7) is 8.29. The predicted octanol–water partition coefficient (Wildman–Crippen LogP) is 5.74. The molecule has 2 rings (SSSR count). The molecule has 2 nitrogen and oxygen atoms in total. The fourth-order valence-corrected chi connectivity index (χ4v) is 3.00. The maximum atomic E-state index is 13.8. The molecule has 2 unspecified atom stereocenters. The van der Waals surface area contributed by atoms with Gasteiger partial charge in [0, 0.05) is 12.1 Å². The van der Waals surface area contributed by atoms with Crippen LogP contribution in [-0.4, -0.2) is 9.55 Å². The highest BCUT2D eigenvalue weighted by atomic mass is 35.5. The van der Waals surface area contributed by atoms with Gasteiger partial charge in [0.15, 0.2) is 0 Å². The largest absolute Gasteiger partial charge is 0.323 e. The van der Waals surface area contributed by atoms with Gasteiger partial charge in [-0.2, -0.15) is 0 Å². The molecular formula is C15H19Cl2FN2. The van der Waals surface area contributed by atoms with Gasteiger partial charge in [-0.05, 0) is 25.3 Å². The first kappa shape index (κ1) is 15.6. The second-order valence-corrected chi connectivity index (χ2v) is 6.49. The molecular weight excluding hydrogens is 298 g/mol. The number of rotatable bonds is 4. The summed E-state index contributed by atoms with van der Waals surface area (Å²) >= 11 is 12.1. The molecule has 0 amide bonds. The first-order valence-electron chi connectivity index (χ1n) is 6.87. The van der Waals surface area contributed by atoms with Crippen molar-refractivity contribution in [2.75, 3.05) is 0 Å². The van der Waals surface area contributed by atoms with Gasteiger partial charge < -0.3 is 4.57 Å².